The van der Waals surface area contributed by atoms with Crippen LogP contribution in [0.4, 0.5) is 0 Å². The van der Waals surface area contributed by atoms with Crippen LogP contribution in [0.2, 0.25) is 0 Å². The highest BCUT2D eigenvalue weighted by Gasteiger charge is 1.92. The van der Waals surface area contributed by atoms with Gasteiger partial charge in [0, 0.05) is 0 Å². The molecule has 1 rings (SSSR count). The van der Waals surface area contributed by atoms with Gasteiger partial charge in [-0.15, -0.1) is 0 Å². The van der Waals surface area contributed by atoms with Crippen LogP contribution in [0.3, 0.4) is 0 Å². The summed E-state index contributed by atoms with van der Waals surface area (Å²) in [5.41, 5.74) is 0. The second-order valence-electron chi connectivity index (χ2n) is 1.84. The molecule has 0 spiro atoms. The van der Waals surface area contributed by atoms with Crippen LogP contribution in [0.15, 0.2) is 24.3 Å². The quantitative estimate of drug-likeness (QED) is 0.689. The van der Waals surface area contributed by atoms with Crippen molar-refractivity contribution in [1.29, 1.82) is 0 Å². The number of benzene rings is 1. The first-order chi connectivity index (χ1) is 5.36. The van der Waals surface area contributed by atoms with Crippen LogP contribution in [-0.2, 0) is 11.9 Å². The van der Waals surface area contributed by atoms with Gasteiger partial charge in [-0.3, -0.25) is 0 Å². The minimum absolute atomic E-state index is 0.340. The van der Waals surface area contributed by atoms with E-state index < -0.39 is 0 Å². The average Bonchev–Trinajstić information content (AvgIpc) is 2.07. The number of thiol groups is 1. The standard InChI is InChI=1S/C7H8O3S/c1-9-6-2-4-7(5-3-6)10-11-8/h2-5,11H,1H3. The van der Waals surface area contributed by atoms with Gasteiger partial charge in [-0.25, -0.2) is 4.21 Å². The first kappa shape index (κ1) is 8.07. The van der Waals surface area contributed by atoms with Crippen LogP contribution in [0.1, 0.15) is 0 Å². The maximum atomic E-state index is 9.97. The lowest BCUT2D eigenvalue weighted by Crippen LogP contribution is -1.85. The van der Waals surface area contributed by atoms with Crippen LogP contribution in [0, 0.1) is 0 Å². The van der Waals surface area contributed by atoms with Crippen LogP contribution in [-0.4, -0.2) is 11.3 Å². The molecular weight excluding hydrogens is 164 g/mol. The van der Waals surface area contributed by atoms with Gasteiger partial charge in [0.2, 0.25) is 0 Å². The summed E-state index contributed by atoms with van der Waals surface area (Å²) in [6, 6.07) is 6.84. The summed E-state index contributed by atoms with van der Waals surface area (Å²) < 4.78 is 19.6. The predicted molar refractivity (Wildman–Crippen MR) is 43.2 cm³/mol. The van der Waals surface area contributed by atoms with E-state index in [-0.39, 0.29) is 11.9 Å². The first-order valence-corrected chi connectivity index (χ1v) is 3.73. The molecule has 0 fully saturated rings. The van der Waals surface area contributed by atoms with E-state index in [0.29, 0.717) is 5.75 Å². The summed E-state index contributed by atoms with van der Waals surface area (Å²) in [6.45, 7) is 0. The number of hydrogen-bond donors (Lipinski definition) is 1. The van der Waals surface area contributed by atoms with Crippen molar-refractivity contribution in [3.63, 3.8) is 0 Å². The largest absolute Gasteiger partial charge is 0.497 e. The zero-order valence-electron chi connectivity index (χ0n) is 5.98. The summed E-state index contributed by atoms with van der Waals surface area (Å²) in [7, 11) is 1.59. The highest BCUT2D eigenvalue weighted by Crippen LogP contribution is 2.16. The second-order valence-corrected chi connectivity index (χ2v) is 2.17. The first-order valence-electron chi connectivity index (χ1n) is 3.00. The maximum absolute atomic E-state index is 9.97. The summed E-state index contributed by atoms with van der Waals surface area (Å²) in [5, 5.41) is 0. The van der Waals surface area contributed by atoms with Crippen molar-refractivity contribution in [2.45, 2.75) is 0 Å². The molecule has 1 aromatic carbocycles. The number of methoxy groups -OCH3 is 1. The minimum Gasteiger partial charge on any atom is -0.497 e. The van der Waals surface area contributed by atoms with Gasteiger partial charge in [0.15, 0.2) is 11.9 Å². The molecule has 11 heavy (non-hydrogen) atoms. The van der Waals surface area contributed by atoms with E-state index in [4.69, 9.17) is 4.74 Å². The van der Waals surface area contributed by atoms with Gasteiger partial charge in [0.25, 0.3) is 0 Å². The van der Waals surface area contributed by atoms with Gasteiger partial charge >= 0.3 is 0 Å². The summed E-state index contributed by atoms with van der Waals surface area (Å²) in [5.74, 6) is 1.31. The maximum Gasteiger partial charge on any atom is 0.193 e. The fourth-order valence-electron chi connectivity index (χ4n) is 0.680. The summed E-state index contributed by atoms with van der Waals surface area (Å²) in [4.78, 5) is 0. The van der Waals surface area contributed by atoms with Crippen molar-refractivity contribution in [3.8, 4) is 11.5 Å². The van der Waals surface area contributed by atoms with Gasteiger partial charge in [0.1, 0.15) is 11.5 Å². The summed E-state index contributed by atoms with van der Waals surface area (Å²) >= 11 is -0.340. The minimum atomic E-state index is -0.340. The van der Waals surface area contributed by atoms with Crippen molar-refractivity contribution >= 4 is 11.9 Å². The Morgan fingerprint density at radius 3 is 2.18 bits per heavy atom. The number of ether oxygens (including phenoxy) is 1. The molecule has 60 valence electrons. The van der Waals surface area contributed by atoms with E-state index in [9.17, 15) is 4.21 Å². The SMILES string of the molecule is COc1ccc(O[SH]=O)cc1. The molecule has 0 aliphatic carbocycles. The molecule has 0 saturated heterocycles. The zero-order chi connectivity index (χ0) is 8.10. The fourth-order valence-corrected chi connectivity index (χ4v) is 0.887. The van der Waals surface area contributed by atoms with E-state index in [1.807, 2.05) is 0 Å². The lowest BCUT2D eigenvalue weighted by atomic mass is 10.3. The molecule has 0 heterocycles. The molecule has 0 atom stereocenters. The molecule has 0 aliphatic rings. The van der Waals surface area contributed by atoms with Gasteiger partial charge in [-0.05, 0) is 24.3 Å². The summed E-state index contributed by atoms with van der Waals surface area (Å²) in [6.07, 6.45) is 0. The topological polar surface area (TPSA) is 35.5 Å². The van der Waals surface area contributed by atoms with Crippen molar-refractivity contribution in [2.75, 3.05) is 7.11 Å². The lowest BCUT2D eigenvalue weighted by Gasteiger charge is -1.99. The molecule has 4 heteroatoms. The Bertz CT molecular complexity index is 232. The van der Waals surface area contributed by atoms with Crippen LogP contribution >= 0.6 is 0 Å². The third-order valence-electron chi connectivity index (χ3n) is 1.20. The Kier molecular flexibility index (Phi) is 2.92. The Balaban J connectivity index is 2.74. The Labute approximate surface area is 68.6 Å². The average molecular weight is 172 g/mol. The molecule has 0 N–H and O–H groups in total. The monoisotopic (exact) mass is 172 g/mol. The molecule has 0 saturated carbocycles. The third kappa shape index (κ3) is 2.23. The fraction of sp³-hybridized carbons (Fsp3) is 0.143. The molecule has 0 aliphatic heterocycles. The highest BCUT2D eigenvalue weighted by molar-refractivity contribution is 7.60. The Hall–Kier alpha value is -1.03. The van der Waals surface area contributed by atoms with E-state index in [1.54, 1.807) is 31.4 Å². The van der Waals surface area contributed by atoms with Gasteiger partial charge in [-0.1, -0.05) is 0 Å². The molecule has 0 bridgehead atoms. The van der Waals surface area contributed by atoms with Crippen molar-refractivity contribution < 1.29 is 13.1 Å². The van der Waals surface area contributed by atoms with Crippen LogP contribution in [0.25, 0.3) is 0 Å². The lowest BCUT2D eigenvalue weighted by molar-refractivity contribution is 0.414. The third-order valence-corrected chi connectivity index (χ3v) is 1.49. The molecule has 0 aromatic heterocycles. The zero-order valence-corrected chi connectivity index (χ0v) is 6.88. The van der Waals surface area contributed by atoms with Crippen molar-refractivity contribution in [3.05, 3.63) is 24.3 Å². The van der Waals surface area contributed by atoms with E-state index in [2.05, 4.69) is 4.18 Å². The number of hydrogen-bond acceptors (Lipinski definition) is 3. The van der Waals surface area contributed by atoms with E-state index in [1.165, 1.54) is 0 Å². The van der Waals surface area contributed by atoms with Gasteiger partial charge < -0.3 is 8.92 Å². The Morgan fingerprint density at radius 1 is 1.18 bits per heavy atom. The second kappa shape index (κ2) is 3.98. The molecular formula is C7H8O3S. The van der Waals surface area contributed by atoms with Gasteiger partial charge in [-0.2, -0.15) is 0 Å². The smallest absolute Gasteiger partial charge is 0.193 e. The highest BCUT2D eigenvalue weighted by atomic mass is 32.2. The van der Waals surface area contributed by atoms with Crippen molar-refractivity contribution in [1.82, 2.24) is 0 Å². The molecule has 0 unspecified atom stereocenters. The normalized spacial score (nSPS) is 9.18. The van der Waals surface area contributed by atoms with Crippen LogP contribution < -0.4 is 8.92 Å². The molecule has 3 nitrogen and oxygen atoms in total. The van der Waals surface area contributed by atoms with E-state index in [0.717, 1.165) is 5.75 Å². The van der Waals surface area contributed by atoms with Crippen LogP contribution in [0.5, 0.6) is 11.5 Å². The van der Waals surface area contributed by atoms with Crippen molar-refractivity contribution in [2.24, 2.45) is 0 Å². The molecule has 0 amide bonds. The molecule has 0 radical (unpaired) electrons. The van der Waals surface area contributed by atoms with E-state index >= 15 is 0 Å². The molecule has 1 aromatic rings. The number of rotatable bonds is 3. The predicted octanol–water partition coefficient (Wildman–Crippen LogP) is 0.934. The van der Waals surface area contributed by atoms with Gasteiger partial charge in [0.05, 0.1) is 7.11 Å². The Morgan fingerprint density at radius 2 is 1.73 bits per heavy atom.